The van der Waals surface area contributed by atoms with Crippen LogP contribution >= 0.6 is 11.3 Å². The first-order valence-electron chi connectivity index (χ1n) is 6.73. The van der Waals surface area contributed by atoms with Crippen LogP contribution < -0.4 is 5.32 Å². The smallest absolute Gasteiger partial charge is 0.231 e. The molecule has 3 aromatic rings. The predicted octanol–water partition coefficient (Wildman–Crippen LogP) is 3.30. The molecule has 0 saturated heterocycles. The van der Waals surface area contributed by atoms with E-state index >= 15 is 0 Å². The highest BCUT2D eigenvalue weighted by molar-refractivity contribution is 7.09. The lowest BCUT2D eigenvalue weighted by Gasteiger charge is -2.00. The molecule has 2 heterocycles. The van der Waals surface area contributed by atoms with Crippen molar-refractivity contribution in [1.29, 1.82) is 0 Å². The molecule has 0 fully saturated rings. The van der Waals surface area contributed by atoms with Crippen LogP contribution in [0.1, 0.15) is 10.7 Å². The van der Waals surface area contributed by atoms with Crippen molar-refractivity contribution in [2.24, 2.45) is 0 Å². The van der Waals surface area contributed by atoms with E-state index < -0.39 is 11.6 Å². The Balaban J connectivity index is 1.72. The average molecular weight is 334 g/mol. The zero-order valence-electron chi connectivity index (χ0n) is 12.1. The van der Waals surface area contributed by atoms with E-state index in [-0.39, 0.29) is 29.4 Å². The number of aryl methyl sites for hydroxylation is 1. The minimum atomic E-state index is -0.966. The van der Waals surface area contributed by atoms with Crippen molar-refractivity contribution in [1.82, 2.24) is 15.2 Å². The van der Waals surface area contributed by atoms with E-state index in [1.54, 1.807) is 0 Å². The summed E-state index contributed by atoms with van der Waals surface area (Å²) in [4.78, 5) is 16.1. The molecule has 2 N–H and O–H groups in total. The summed E-state index contributed by atoms with van der Waals surface area (Å²) in [6.45, 7) is 1.86. The van der Waals surface area contributed by atoms with Crippen molar-refractivity contribution in [2.45, 2.75) is 13.3 Å². The fourth-order valence-corrected chi connectivity index (χ4v) is 2.69. The van der Waals surface area contributed by atoms with E-state index in [9.17, 15) is 13.6 Å². The number of nitrogens with zero attached hydrogens (tertiary/aromatic N) is 2. The molecular formula is C15H12F2N4OS. The number of anilines is 1. The molecule has 0 atom stereocenters. The fraction of sp³-hybridized carbons (Fsp3) is 0.133. The van der Waals surface area contributed by atoms with Gasteiger partial charge in [0.05, 0.1) is 22.8 Å². The summed E-state index contributed by atoms with van der Waals surface area (Å²) in [6.07, 6.45) is 0.126. The van der Waals surface area contributed by atoms with E-state index in [4.69, 9.17) is 0 Å². The van der Waals surface area contributed by atoms with Gasteiger partial charge >= 0.3 is 0 Å². The van der Waals surface area contributed by atoms with Gasteiger partial charge in [0.2, 0.25) is 5.91 Å². The second kappa shape index (κ2) is 6.25. The molecule has 23 heavy (non-hydrogen) atoms. The summed E-state index contributed by atoms with van der Waals surface area (Å²) < 4.78 is 27.0. The van der Waals surface area contributed by atoms with E-state index in [0.717, 1.165) is 11.1 Å². The quantitative estimate of drug-likeness (QED) is 0.769. The lowest BCUT2D eigenvalue weighted by molar-refractivity contribution is -0.115. The largest absolute Gasteiger partial charge is 0.309 e. The van der Waals surface area contributed by atoms with Crippen LogP contribution in [-0.2, 0) is 11.2 Å². The maximum absolute atomic E-state index is 13.7. The number of aromatic nitrogens is 3. The van der Waals surface area contributed by atoms with Gasteiger partial charge in [-0.2, -0.15) is 5.10 Å². The molecule has 1 amide bonds. The number of aromatic amines is 1. The Bertz CT molecular complexity index is 859. The molecule has 0 spiro atoms. The van der Waals surface area contributed by atoms with Crippen LogP contribution in [0.5, 0.6) is 0 Å². The van der Waals surface area contributed by atoms with Gasteiger partial charge in [-0.15, -0.1) is 11.3 Å². The summed E-state index contributed by atoms with van der Waals surface area (Å²) in [5.41, 5.74) is 1.01. The van der Waals surface area contributed by atoms with Crippen molar-refractivity contribution in [3.8, 4) is 11.3 Å². The number of carbonyl (C=O) groups is 1. The lowest BCUT2D eigenvalue weighted by Crippen LogP contribution is -2.14. The molecule has 0 radical (unpaired) electrons. The van der Waals surface area contributed by atoms with E-state index in [1.807, 2.05) is 12.3 Å². The van der Waals surface area contributed by atoms with Crippen molar-refractivity contribution < 1.29 is 13.6 Å². The second-order valence-corrected chi connectivity index (χ2v) is 5.91. The number of halogens is 2. The van der Waals surface area contributed by atoms with Crippen LogP contribution in [0.2, 0.25) is 0 Å². The molecular weight excluding hydrogens is 322 g/mol. The van der Waals surface area contributed by atoms with Gasteiger partial charge in [-0.25, -0.2) is 13.8 Å². The van der Waals surface area contributed by atoms with Crippen LogP contribution in [0.4, 0.5) is 14.6 Å². The number of nitrogens with one attached hydrogen (secondary N) is 2. The standard InChI is InChI=1S/C15H12F2N4OS/c1-8-18-9(7-23-8)5-14(22)19-13-6-12(20-21-13)10-3-2-4-11(16)15(10)17/h2-4,6-7H,5H2,1H3,(H2,19,20,21,22). The average Bonchev–Trinajstić information content (AvgIpc) is 3.11. The van der Waals surface area contributed by atoms with Crippen LogP contribution in [0.15, 0.2) is 29.6 Å². The van der Waals surface area contributed by atoms with E-state index in [0.29, 0.717) is 5.69 Å². The van der Waals surface area contributed by atoms with Gasteiger partial charge in [0.1, 0.15) is 0 Å². The Morgan fingerprint density at radius 1 is 1.39 bits per heavy atom. The number of hydrogen-bond donors (Lipinski definition) is 2. The molecule has 0 bridgehead atoms. The molecule has 0 unspecified atom stereocenters. The zero-order valence-corrected chi connectivity index (χ0v) is 12.9. The minimum Gasteiger partial charge on any atom is -0.309 e. The number of thiazole rings is 1. The fourth-order valence-electron chi connectivity index (χ4n) is 2.08. The highest BCUT2D eigenvalue weighted by atomic mass is 32.1. The number of hydrogen-bond acceptors (Lipinski definition) is 4. The Hall–Kier alpha value is -2.61. The first-order valence-corrected chi connectivity index (χ1v) is 7.61. The summed E-state index contributed by atoms with van der Waals surface area (Å²) in [5, 5.41) is 11.8. The van der Waals surface area contributed by atoms with Gasteiger partial charge < -0.3 is 5.32 Å². The SMILES string of the molecule is Cc1nc(CC(=O)Nc2cc(-c3cccc(F)c3F)[nH]n2)cs1. The minimum absolute atomic E-state index is 0.0492. The van der Waals surface area contributed by atoms with Gasteiger partial charge in [-0.3, -0.25) is 9.89 Å². The van der Waals surface area contributed by atoms with Crippen molar-refractivity contribution in [2.75, 3.05) is 5.32 Å². The number of amides is 1. The summed E-state index contributed by atoms with van der Waals surface area (Å²) >= 11 is 1.47. The molecule has 2 aromatic heterocycles. The third-order valence-electron chi connectivity index (χ3n) is 3.10. The molecule has 118 valence electrons. The Kier molecular flexibility index (Phi) is 4.16. The number of benzene rings is 1. The van der Waals surface area contributed by atoms with Gasteiger partial charge in [0, 0.05) is 17.0 Å². The van der Waals surface area contributed by atoms with Crippen molar-refractivity contribution in [3.63, 3.8) is 0 Å². The normalized spacial score (nSPS) is 10.7. The molecule has 1 aromatic carbocycles. The Morgan fingerprint density at radius 3 is 2.96 bits per heavy atom. The highest BCUT2D eigenvalue weighted by Gasteiger charge is 2.14. The molecule has 0 saturated carbocycles. The first kappa shape index (κ1) is 15.3. The van der Waals surface area contributed by atoms with Crippen LogP contribution in [-0.4, -0.2) is 21.1 Å². The van der Waals surface area contributed by atoms with Crippen molar-refractivity contribution >= 4 is 23.1 Å². The van der Waals surface area contributed by atoms with Gasteiger partial charge in [0.15, 0.2) is 17.5 Å². The second-order valence-electron chi connectivity index (χ2n) is 4.85. The topological polar surface area (TPSA) is 70.7 Å². The Labute approximate surface area is 134 Å². The molecule has 0 aliphatic heterocycles. The summed E-state index contributed by atoms with van der Waals surface area (Å²) in [6, 6.07) is 5.31. The number of rotatable bonds is 4. The monoisotopic (exact) mass is 334 g/mol. The first-order chi connectivity index (χ1) is 11.0. The van der Waals surface area contributed by atoms with Crippen LogP contribution in [0, 0.1) is 18.6 Å². The zero-order chi connectivity index (χ0) is 16.4. The van der Waals surface area contributed by atoms with Crippen molar-refractivity contribution in [3.05, 3.63) is 52.0 Å². The number of carbonyl (C=O) groups excluding carboxylic acids is 1. The molecule has 3 rings (SSSR count). The third kappa shape index (κ3) is 3.42. The lowest BCUT2D eigenvalue weighted by atomic mass is 10.1. The van der Waals surface area contributed by atoms with Crippen LogP contribution in [0.25, 0.3) is 11.3 Å². The number of H-pyrrole nitrogens is 1. The molecule has 8 heteroatoms. The summed E-state index contributed by atoms with van der Waals surface area (Å²) in [5.74, 6) is -1.96. The van der Waals surface area contributed by atoms with E-state index in [1.165, 1.54) is 29.5 Å². The maximum Gasteiger partial charge on any atom is 0.231 e. The summed E-state index contributed by atoms with van der Waals surface area (Å²) in [7, 11) is 0. The van der Waals surface area contributed by atoms with Crippen LogP contribution in [0.3, 0.4) is 0 Å². The van der Waals surface area contributed by atoms with Gasteiger partial charge in [0.25, 0.3) is 0 Å². The van der Waals surface area contributed by atoms with Gasteiger partial charge in [-0.05, 0) is 19.1 Å². The Morgan fingerprint density at radius 2 is 2.22 bits per heavy atom. The van der Waals surface area contributed by atoms with Gasteiger partial charge in [-0.1, -0.05) is 6.07 Å². The third-order valence-corrected chi connectivity index (χ3v) is 3.92. The molecule has 5 nitrogen and oxygen atoms in total. The molecule has 0 aliphatic carbocycles. The highest BCUT2D eigenvalue weighted by Crippen LogP contribution is 2.24. The maximum atomic E-state index is 13.7. The molecule has 0 aliphatic rings. The van der Waals surface area contributed by atoms with E-state index in [2.05, 4.69) is 20.5 Å². The predicted molar refractivity (Wildman–Crippen MR) is 83.1 cm³/mol.